The van der Waals surface area contributed by atoms with Crippen molar-refractivity contribution >= 4 is 5.97 Å². The van der Waals surface area contributed by atoms with Crippen LogP contribution in [0.15, 0.2) is 11.6 Å². The number of nitriles is 1. The molecule has 1 aliphatic rings. The van der Waals surface area contributed by atoms with Gasteiger partial charge in [0, 0.05) is 5.57 Å². The zero-order valence-electron chi connectivity index (χ0n) is 8.03. The van der Waals surface area contributed by atoms with Crippen molar-refractivity contribution in [3.05, 3.63) is 11.6 Å². The number of hydrogen-bond acceptors (Lipinski definition) is 2. The molecule has 0 spiro atoms. The van der Waals surface area contributed by atoms with Crippen molar-refractivity contribution in [2.45, 2.75) is 20.8 Å². The summed E-state index contributed by atoms with van der Waals surface area (Å²) in [4.78, 5) is 10.7. The maximum atomic E-state index is 10.7. The van der Waals surface area contributed by atoms with Gasteiger partial charge in [-0.2, -0.15) is 5.26 Å². The minimum atomic E-state index is -0.767. The van der Waals surface area contributed by atoms with Crippen LogP contribution < -0.4 is 0 Å². The zero-order valence-corrected chi connectivity index (χ0v) is 8.03. The molecule has 0 aromatic carbocycles. The molecule has 0 aromatic heterocycles. The summed E-state index contributed by atoms with van der Waals surface area (Å²) in [5.74, 6) is -1.07. The van der Waals surface area contributed by atoms with Crippen LogP contribution in [-0.4, -0.2) is 11.1 Å². The van der Waals surface area contributed by atoms with Crippen LogP contribution in [0.25, 0.3) is 0 Å². The molecule has 0 saturated heterocycles. The number of rotatable bonds is 2. The Morgan fingerprint density at radius 2 is 2.15 bits per heavy atom. The average Bonchev–Trinajstić information content (AvgIpc) is 2.53. The summed E-state index contributed by atoms with van der Waals surface area (Å²) in [6.07, 6.45) is 1.76. The zero-order chi connectivity index (χ0) is 10.2. The fourth-order valence-corrected chi connectivity index (χ4v) is 1.77. The monoisotopic (exact) mass is 179 g/mol. The highest BCUT2D eigenvalue weighted by molar-refractivity contribution is 5.76. The van der Waals surface area contributed by atoms with Crippen LogP contribution in [0.1, 0.15) is 20.8 Å². The Labute approximate surface area is 77.7 Å². The summed E-state index contributed by atoms with van der Waals surface area (Å²) >= 11 is 0. The third kappa shape index (κ3) is 1.57. The first kappa shape index (κ1) is 9.79. The van der Waals surface area contributed by atoms with Gasteiger partial charge in [0.2, 0.25) is 0 Å². The summed E-state index contributed by atoms with van der Waals surface area (Å²) in [6, 6.07) is 2.00. The molecule has 2 atom stereocenters. The molecule has 0 amide bonds. The standard InChI is InChI=1S/C10H13NO2/c1-6(5-11)4-7-8(9(12)13)10(7,2)3/h4,7-8H,1-3H3,(H,12,13). The van der Waals surface area contributed by atoms with Gasteiger partial charge >= 0.3 is 5.97 Å². The second-order valence-electron chi connectivity index (χ2n) is 4.12. The molecule has 0 heterocycles. The maximum absolute atomic E-state index is 10.7. The SMILES string of the molecule is CC(C#N)=CC1C(C(=O)O)C1(C)C. The van der Waals surface area contributed by atoms with E-state index in [1.165, 1.54) is 0 Å². The van der Waals surface area contributed by atoms with Gasteiger partial charge in [-0.1, -0.05) is 19.9 Å². The number of aliphatic carboxylic acids is 1. The van der Waals surface area contributed by atoms with Crippen molar-refractivity contribution in [1.29, 1.82) is 5.26 Å². The maximum Gasteiger partial charge on any atom is 0.307 e. The molecule has 0 bridgehead atoms. The first-order chi connectivity index (χ1) is 5.91. The second-order valence-corrected chi connectivity index (χ2v) is 4.12. The van der Waals surface area contributed by atoms with Gasteiger partial charge in [-0.3, -0.25) is 4.79 Å². The van der Waals surface area contributed by atoms with E-state index in [0.717, 1.165) is 0 Å². The summed E-state index contributed by atoms with van der Waals surface area (Å²) in [7, 11) is 0. The molecule has 1 saturated carbocycles. The van der Waals surface area contributed by atoms with Gasteiger partial charge in [0.25, 0.3) is 0 Å². The van der Waals surface area contributed by atoms with Gasteiger partial charge in [-0.15, -0.1) is 0 Å². The highest BCUT2D eigenvalue weighted by Gasteiger charge is 2.60. The van der Waals surface area contributed by atoms with Crippen LogP contribution in [0.3, 0.4) is 0 Å². The fraction of sp³-hybridized carbons (Fsp3) is 0.600. The van der Waals surface area contributed by atoms with E-state index in [9.17, 15) is 4.79 Å². The molecule has 1 N–H and O–H groups in total. The van der Waals surface area contributed by atoms with Crippen LogP contribution in [-0.2, 0) is 4.79 Å². The van der Waals surface area contributed by atoms with Crippen LogP contribution in [0.2, 0.25) is 0 Å². The molecule has 3 heteroatoms. The largest absolute Gasteiger partial charge is 0.481 e. The predicted octanol–water partition coefficient (Wildman–Crippen LogP) is 1.81. The molecule has 0 aliphatic heterocycles. The highest BCUT2D eigenvalue weighted by Crippen LogP contribution is 2.59. The van der Waals surface area contributed by atoms with E-state index in [4.69, 9.17) is 10.4 Å². The molecule has 3 nitrogen and oxygen atoms in total. The van der Waals surface area contributed by atoms with Crippen molar-refractivity contribution in [2.24, 2.45) is 17.3 Å². The number of carboxylic acid groups (broad SMARTS) is 1. The van der Waals surface area contributed by atoms with E-state index in [0.29, 0.717) is 5.57 Å². The molecule has 1 fully saturated rings. The Kier molecular flexibility index (Phi) is 2.17. The fourth-order valence-electron chi connectivity index (χ4n) is 1.77. The molecule has 1 rings (SSSR count). The van der Waals surface area contributed by atoms with E-state index in [1.807, 2.05) is 19.9 Å². The smallest absolute Gasteiger partial charge is 0.307 e. The summed E-state index contributed by atoms with van der Waals surface area (Å²) < 4.78 is 0. The number of nitrogens with zero attached hydrogens (tertiary/aromatic N) is 1. The van der Waals surface area contributed by atoms with Crippen molar-refractivity contribution in [3.8, 4) is 6.07 Å². The molecular formula is C10H13NO2. The number of allylic oxidation sites excluding steroid dienone is 2. The van der Waals surface area contributed by atoms with Gasteiger partial charge in [-0.05, 0) is 18.3 Å². The third-order valence-electron chi connectivity index (χ3n) is 2.78. The van der Waals surface area contributed by atoms with Gasteiger partial charge < -0.3 is 5.11 Å². The van der Waals surface area contributed by atoms with Crippen molar-refractivity contribution < 1.29 is 9.90 Å². The lowest BCUT2D eigenvalue weighted by atomic mass is 10.1. The normalized spacial score (nSPS) is 30.8. The predicted molar refractivity (Wildman–Crippen MR) is 47.8 cm³/mol. The highest BCUT2D eigenvalue weighted by atomic mass is 16.4. The Morgan fingerprint density at radius 3 is 2.46 bits per heavy atom. The summed E-state index contributed by atoms with van der Waals surface area (Å²) in [5.41, 5.74) is 0.408. The van der Waals surface area contributed by atoms with Crippen LogP contribution >= 0.6 is 0 Å². The number of hydrogen-bond donors (Lipinski definition) is 1. The van der Waals surface area contributed by atoms with Gasteiger partial charge in [0.15, 0.2) is 0 Å². The van der Waals surface area contributed by atoms with E-state index < -0.39 is 5.97 Å². The van der Waals surface area contributed by atoms with E-state index in [-0.39, 0.29) is 17.3 Å². The molecular weight excluding hydrogens is 166 g/mol. The van der Waals surface area contributed by atoms with Gasteiger partial charge in [0.1, 0.15) is 0 Å². The van der Waals surface area contributed by atoms with Crippen molar-refractivity contribution in [1.82, 2.24) is 0 Å². The Hall–Kier alpha value is -1.30. The van der Waals surface area contributed by atoms with Crippen LogP contribution in [0, 0.1) is 28.6 Å². The lowest BCUT2D eigenvalue weighted by Gasteiger charge is -1.96. The minimum absolute atomic E-state index is 0.0182. The Balaban J connectivity index is 2.79. The number of carbonyl (C=O) groups is 1. The first-order valence-electron chi connectivity index (χ1n) is 4.22. The third-order valence-corrected chi connectivity index (χ3v) is 2.78. The van der Waals surface area contributed by atoms with E-state index >= 15 is 0 Å². The summed E-state index contributed by atoms with van der Waals surface area (Å²) in [5, 5.41) is 17.4. The molecule has 0 radical (unpaired) electrons. The molecule has 1 aliphatic carbocycles. The van der Waals surface area contributed by atoms with Crippen LogP contribution in [0.5, 0.6) is 0 Å². The second kappa shape index (κ2) is 2.88. The van der Waals surface area contributed by atoms with Crippen LogP contribution in [0.4, 0.5) is 0 Å². The molecule has 2 unspecified atom stereocenters. The lowest BCUT2D eigenvalue weighted by Crippen LogP contribution is -2.03. The van der Waals surface area contributed by atoms with Gasteiger partial charge in [-0.25, -0.2) is 0 Å². The van der Waals surface area contributed by atoms with Gasteiger partial charge in [0.05, 0.1) is 12.0 Å². The minimum Gasteiger partial charge on any atom is -0.481 e. The van der Waals surface area contributed by atoms with Crippen molar-refractivity contribution in [2.75, 3.05) is 0 Å². The topological polar surface area (TPSA) is 61.1 Å². The molecule has 70 valence electrons. The van der Waals surface area contributed by atoms with Crippen molar-refractivity contribution in [3.63, 3.8) is 0 Å². The lowest BCUT2D eigenvalue weighted by molar-refractivity contribution is -0.139. The Bertz CT molecular complexity index is 309. The Morgan fingerprint density at radius 1 is 1.62 bits per heavy atom. The average molecular weight is 179 g/mol. The first-order valence-corrected chi connectivity index (χ1v) is 4.22. The van der Waals surface area contributed by atoms with E-state index in [2.05, 4.69) is 0 Å². The van der Waals surface area contributed by atoms with E-state index in [1.54, 1.807) is 13.0 Å². The molecule has 0 aromatic rings. The molecule has 13 heavy (non-hydrogen) atoms. The quantitative estimate of drug-likeness (QED) is 0.657. The number of carboxylic acids is 1. The summed E-state index contributed by atoms with van der Waals surface area (Å²) in [6.45, 7) is 5.53.